The summed E-state index contributed by atoms with van der Waals surface area (Å²) in [6.45, 7) is 2.27. The van der Waals surface area contributed by atoms with Crippen LogP contribution in [0.5, 0.6) is 0 Å². The van der Waals surface area contributed by atoms with Crippen molar-refractivity contribution in [3.05, 3.63) is 29.3 Å². The molecule has 124 valence electrons. The molecule has 1 N–H and O–H groups in total. The molecule has 0 atom stereocenters. The van der Waals surface area contributed by atoms with Crippen LogP contribution in [0.2, 0.25) is 0 Å². The lowest BCUT2D eigenvalue weighted by molar-refractivity contribution is 0.270. The molecule has 0 saturated carbocycles. The first-order valence-electron chi connectivity index (χ1n) is 7.88. The lowest BCUT2D eigenvalue weighted by atomic mass is 9.98. The van der Waals surface area contributed by atoms with E-state index in [2.05, 4.69) is 5.32 Å². The lowest BCUT2D eigenvalue weighted by Gasteiger charge is -2.31. The van der Waals surface area contributed by atoms with Gasteiger partial charge in [0.15, 0.2) is 0 Å². The van der Waals surface area contributed by atoms with Crippen LogP contribution < -0.4 is 5.32 Å². The van der Waals surface area contributed by atoms with Crippen LogP contribution in [0.15, 0.2) is 23.1 Å². The van der Waals surface area contributed by atoms with E-state index in [4.69, 9.17) is 0 Å². The molecule has 3 rings (SSSR count). The number of fused-ring (bicyclic) bond motifs is 1. The molecule has 1 aliphatic heterocycles. The lowest BCUT2D eigenvalue weighted by Crippen LogP contribution is -2.40. The molecule has 1 aromatic carbocycles. The van der Waals surface area contributed by atoms with Gasteiger partial charge in [-0.15, -0.1) is 12.4 Å². The van der Waals surface area contributed by atoms with Crippen molar-refractivity contribution in [3.8, 4) is 0 Å². The summed E-state index contributed by atoms with van der Waals surface area (Å²) in [4.78, 5) is 0.482. The number of sulfonamides is 1. The van der Waals surface area contributed by atoms with Gasteiger partial charge in [0.05, 0.1) is 4.90 Å². The van der Waals surface area contributed by atoms with E-state index in [0.717, 1.165) is 38.6 Å². The Kier molecular flexibility index (Phi) is 5.88. The number of halogens is 1. The second kappa shape index (κ2) is 7.30. The van der Waals surface area contributed by atoms with Crippen LogP contribution in [-0.2, 0) is 22.9 Å². The van der Waals surface area contributed by atoms with Gasteiger partial charge < -0.3 is 5.32 Å². The molecule has 0 amide bonds. The molecule has 1 aliphatic carbocycles. The van der Waals surface area contributed by atoms with Crippen LogP contribution in [0.25, 0.3) is 0 Å². The highest BCUT2D eigenvalue weighted by Gasteiger charge is 2.29. The molecule has 6 heteroatoms. The largest absolute Gasteiger partial charge is 0.319 e. The molecule has 1 fully saturated rings. The van der Waals surface area contributed by atoms with Crippen molar-refractivity contribution in [3.63, 3.8) is 0 Å². The summed E-state index contributed by atoms with van der Waals surface area (Å²) in [5, 5.41) is 3.18. The quantitative estimate of drug-likeness (QED) is 0.911. The van der Waals surface area contributed by atoms with Gasteiger partial charge in [-0.2, -0.15) is 4.31 Å². The first-order valence-corrected chi connectivity index (χ1v) is 9.32. The van der Waals surface area contributed by atoms with E-state index >= 15 is 0 Å². The molecule has 0 spiro atoms. The minimum Gasteiger partial charge on any atom is -0.319 e. The van der Waals surface area contributed by atoms with Crippen molar-refractivity contribution >= 4 is 22.4 Å². The summed E-state index contributed by atoms with van der Waals surface area (Å²) < 4.78 is 27.2. The third kappa shape index (κ3) is 3.48. The van der Waals surface area contributed by atoms with Crippen molar-refractivity contribution in [1.82, 2.24) is 9.62 Å². The van der Waals surface area contributed by atoms with Crippen molar-refractivity contribution in [1.29, 1.82) is 0 Å². The zero-order valence-corrected chi connectivity index (χ0v) is 14.7. The fourth-order valence-electron chi connectivity index (χ4n) is 3.50. The molecule has 1 heterocycles. The van der Waals surface area contributed by atoms with E-state index in [1.807, 2.05) is 19.2 Å². The summed E-state index contributed by atoms with van der Waals surface area (Å²) in [5.41, 5.74) is 2.54. The summed E-state index contributed by atoms with van der Waals surface area (Å²) in [7, 11) is -1.36. The average Bonchev–Trinajstić information content (AvgIpc) is 2.95. The maximum absolute atomic E-state index is 12.8. The van der Waals surface area contributed by atoms with Gasteiger partial charge in [0, 0.05) is 13.1 Å². The van der Waals surface area contributed by atoms with Crippen LogP contribution in [0.4, 0.5) is 0 Å². The molecular formula is C16H25ClN2O2S. The van der Waals surface area contributed by atoms with E-state index in [9.17, 15) is 8.42 Å². The van der Waals surface area contributed by atoms with E-state index < -0.39 is 10.0 Å². The van der Waals surface area contributed by atoms with Gasteiger partial charge in [0.2, 0.25) is 10.0 Å². The molecule has 1 aromatic rings. The smallest absolute Gasteiger partial charge is 0.243 e. The average molecular weight is 345 g/mol. The fraction of sp³-hybridized carbons (Fsp3) is 0.625. The molecule has 1 saturated heterocycles. The van der Waals surface area contributed by atoms with Gasteiger partial charge in [-0.3, -0.25) is 0 Å². The van der Waals surface area contributed by atoms with Crippen LogP contribution in [0.3, 0.4) is 0 Å². The predicted molar refractivity (Wildman–Crippen MR) is 91.1 cm³/mol. The maximum atomic E-state index is 12.8. The van der Waals surface area contributed by atoms with Gasteiger partial charge in [-0.25, -0.2) is 8.42 Å². The molecule has 2 aliphatic rings. The molecule has 0 radical (unpaired) electrons. The molecule has 22 heavy (non-hydrogen) atoms. The third-order valence-electron chi connectivity index (χ3n) is 4.77. The topological polar surface area (TPSA) is 49.4 Å². The zero-order valence-electron chi connectivity index (χ0n) is 13.0. The highest BCUT2D eigenvalue weighted by molar-refractivity contribution is 7.89. The minimum absolute atomic E-state index is 0. The summed E-state index contributed by atoms with van der Waals surface area (Å²) >= 11 is 0. The third-order valence-corrected chi connectivity index (χ3v) is 6.67. The van der Waals surface area contributed by atoms with Gasteiger partial charge >= 0.3 is 0 Å². The number of hydrogen-bond acceptors (Lipinski definition) is 3. The first-order chi connectivity index (χ1) is 10.1. The molecular weight excluding hydrogens is 320 g/mol. The normalized spacial score (nSPS) is 19.7. The van der Waals surface area contributed by atoms with Crippen LogP contribution >= 0.6 is 12.4 Å². The second-order valence-corrected chi connectivity index (χ2v) is 8.13. The molecule has 4 nitrogen and oxygen atoms in total. The number of rotatable bonds is 4. The number of nitrogens with zero attached hydrogens (tertiary/aromatic N) is 1. The number of nitrogens with one attached hydrogen (secondary N) is 1. The zero-order chi connectivity index (χ0) is 14.9. The van der Waals surface area contributed by atoms with Crippen molar-refractivity contribution in [2.75, 3.05) is 26.7 Å². The summed E-state index contributed by atoms with van der Waals surface area (Å²) in [6, 6.07) is 5.69. The van der Waals surface area contributed by atoms with Gasteiger partial charge in [0.25, 0.3) is 0 Å². The second-order valence-electron chi connectivity index (χ2n) is 6.19. The number of aryl methyl sites for hydroxylation is 2. The Balaban J connectivity index is 0.00000176. The summed E-state index contributed by atoms with van der Waals surface area (Å²) in [6.07, 6.45) is 5.15. The Hall–Kier alpha value is -0.620. The Morgan fingerprint density at radius 2 is 1.86 bits per heavy atom. The van der Waals surface area contributed by atoms with E-state index in [0.29, 0.717) is 23.9 Å². The number of piperidine rings is 1. The molecule has 0 bridgehead atoms. The summed E-state index contributed by atoms with van der Waals surface area (Å²) in [5.74, 6) is 0.599. The van der Waals surface area contributed by atoms with Gasteiger partial charge in [-0.1, -0.05) is 6.07 Å². The van der Waals surface area contributed by atoms with Crippen LogP contribution in [-0.4, -0.2) is 39.4 Å². The first kappa shape index (κ1) is 17.7. The predicted octanol–water partition coefficient (Wildman–Crippen LogP) is 2.22. The maximum Gasteiger partial charge on any atom is 0.243 e. The minimum atomic E-state index is -3.31. The van der Waals surface area contributed by atoms with E-state index in [1.165, 1.54) is 11.1 Å². The van der Waals surface area contributed by atoms with E-state index in [1.54, 1.807) is 10.4 Å². The number of hydrogen-bond donors (Lipinski definition) is 1. The monoisotopic (exact) mass is 344 g/mol. The van der Waals surface area contributed by atoms with Crippen molar-refractivity contribution in [2.24, 2.45) is 5.92 Å². The Bertz CT molecular complexity index is 611. The van der Waals surface area contributed by atoms with Crippen LogP contribution in [0, 0.1) is 5.92 Å². The Morgan fingerprint density at radius 3 is 2.55 bits per heavy atom. The standard InChI is InChI=1S/C16H24N2O2S.ClH/c1-17-12-13-7-9-18(10-8-13)21(19,20)16-6-5-14-3-2-4-15(14)11-16;/h5-6,11,13,17H,2-4,7-10,12H2,1H3;1H. The van der Waals surface area contributed by atoms with Crippen molar-refractivity contribution in [2.45, 2.75) is 37.0 Å². The number of benzene rings is 1. The van der Waals surface area contributed by atoms with Gasteiger partial charge in [0.1, 0.15) is 0 Å². The Labute approximate surface area is 139 Å². The Morgan fingerprint density at radius 1 is 1.18 bits per heavy atom. The SMILES string of the molecule is CNCC1CCN(S(=O)(=O)c2ccc3c(c2)CCC3)CC1.Cl. The van der Waals surface area contributed by atoms with Crippen LogP contribution in [0.1, 0.15) is 30.4 Å². The highest BCUT2D eigenvalue weighted by Crippen LogP contribution is 2.28. The molecule has 0 unspecified atom stereocenters. The highest BCUT2D eigenvalue weighted by atomic mass is 35.5. The fourth-order valence-corrected chi connectivity index (χ4v) is 5.02. The van der Waals surface area contributed by atoms with Gasteiger partial charge in [-0.05, 0) is 74.9 Å². The van der Waals surface area contributed by atoms with Crippen molar-refractivity contribution < 1.29 is 8.42 Å². The van der Waals surface area contributed by atoms with E-state index in [-0.39, 0.29) is 12.4 Å². The molecule has 0 aromatic heterocycles.